The highest BCUT2D eigenvalue weighted by molar-refractivity contribution is 6.36. The Hall–Kier alpha value is -1.55. The van der Waals surface area contributed by atoms with Gasteiger partial charge >= 0.3 is 0 Å². The van der Waals surface area contributed by atoms with Crippen LogP contribution in [0.5, 0.6) is 0 Å². The van der Waals surface area contributed by atoms with Gasteiger partial charge in [-0.05, 0) is 36.8 Å². The van der Waals surface area contributed by atoms with Crippen molar-refractivity contribution in [2.45, 2.75) is 13.3 Å². The summed E-state index contributed by atoms with van der Waals surface area (Å²) in [6.45, 7) is 2.97. The van der Waals surface area contributed by atoms with E-state index in [2.05, 4.69) is 22.2 Å². The highest BCUT2D eigenvalue weighted by Gasteiger charge is 2.11. The van der Waals surface area contributed by atoms with Gasteiger partial charge in [-0.15, -0.1) is 12.4 Å². The van der Waals surface area contributed by atoms with E-state index in [4.69, 9.17) is 23.2 Å². The van der Waals surface area contributed by atoms with E-state index in [1.165, 1.54) is 0 Å². The fourth-order valence-electron chi connectivity index (χ4n) is 2.25. The minimum Gasteiger partial charge on any atom is -0.369 e. The van der Waals surface area contributed by atoms with Crippen molar-refractivity contribution in [3.63, 3.8) is 0 Å². The summed E-state index contributed by atoms with van der Waals surface area (Å²) < 4.78 is 0. The number of aromatic nitrogens is 2. The average molecular weight is 369 g/mol. The number of rotatable bonds is 4. The molecule has 1 aromatic heterocycles. The smallest absolute Gasteiger partial charge is 0.163 e. The standard InChI is InChI=1S/C17H15Cl2N3.ClH/c1-2-9-20-16-13-5-3-4-6-15(13)21-17(22-16)12-8-7-11(18)10-14(12)19;/h3-8,10H,2,9H2,1H3,(H,20,21,22);1H. The summed E-state index contributed by atoms with van der Waals surface area (Å²) in [7, 11) is 0. The van der Waals surface area contributed by atoms with E-state index in [0.29, 0.717) is 15.9 Å². The molecule has 3 rings (SSSR count). The maximum Gasteiger partial charge on any atom is 0.163 e. The molecule has 0 atom stereocenters. The van der Waals surface area contributed by atoms with Crippen LogP contribution in [-0.4, -0.2) is 16.5 Å². The first-order valence-electron chi connectivity index (χ1n) is 7.15. The molecule has 0 aliphatic rings. The van der Waals surface area contributed by atoms with Crippen LogP contribution in [0.1, 0.15) is 13.3 Å². The molecule has 0 bridgehead atoms. The predicted octanol–water partition coefficient (Wildman–Crippen LogP) is 5.85. The molecule has 0 fully saturated rings. The zero-order valence-electron chi connectivity index (χ0n) is 12.5. The lowest BCUT2D eigenvalue weighted by Gasteiger charge is -2.11. The van der Waals surface area contributed by atoms with Crippen molar-refractivity contribution in [1.82, 2.24) is 9.97 Å². The molecule has 2 aromatic carbocycles. The van der Waals surface area contributed by atoms with Crippen LogP contribution < -0.4 is 5.32 Å². The van der Waals surface area contributed by atoms with Crippen molar-refractivity contribution in [3.05, 3.63) is 52.5 Å². The van der Waals surface area contributed by atoms with Gasteiger partial charge in [-0.2, -0.15) is 0 Å². The molecule has 120 valence electrons. The van der Waals surface area contributed by atoms with Gasteiger partial charge in [0.15, 0.2) is 5.82 Å². The first-order valence-corrected chi connectivity index (χ1v) is 7.90. The van der Waals surface area contributed by atoms with E-state index in [-0.39, 0.29) is 12.4 Å². The summed E-state index contributed by atoms with van der Waals surface area (Å²) in [5.41, 5.74) is 1.66. The molecule has 0 radical (unpaired) electrons. The van der Waals surface area contributed by atoms with Gasteiger partial charge in [0.2, 0.25) is 0 Å². The topological polar surface area (TPSA) is 37.8 Å². The summed E-state index contributed by atoms with van der Waals surface area (Å²) in [6.07, 6.45) is 1.02. The van der Waals surface area contributed by atoms with Crippen molar-refractivity contribution < 1.29 is 0 Å². The SMILES string of the molecule is CCCNc1nc(-c2ccc(Cl)cc2Cl)nc2ccccc12.Cl. The average Bonchev–Trinajstić information content (AvgIpc) is 2.52. The molecule has 23 heavy (non-hydrogen) atoms. The van der Waals surface area contributed by atoms with Crippen molar-refractivity contribution >= 4 is 52.3 Å². The van der Waals surface area contributed by atoms with Gasteiger partial charge in [-0.3, -0.25) is 0 Å². The maximum absolute atomic E-state index is 6.29. The van der Waals surface area contributed by atoms with E-state index >= 15 is 0 Å². The van der Waals surface area contributed by atoms with Crippen LogP contribution in [0.3, 0.4) is 0 Å². The highest BCUT2D eigenvalue weighted by atomic mass is 35.5. The van der Waals surface area contributed by atoms with E-state index in [9.17, 15) is 0 Å². The second kappa shape index (κ2) is 7.82. The lowest BCUT2D eigenvalue weighted by Crippen LogP contribution is -2.04. The molecule has 0 unspecified atom stereocenters. The van der Waals surface area contributed by atoms with E-state index in [1.807, 2.05) is 30.3 Å². The predicted molar refractivity (Wildman–Crippen MR) is 101 cm³/mol. The Morgan fingerprint density at radius 1 is 1.04 bits per heavy atom. The van der Waals surface area contributed by atoms with Gasteiger partial charge in [0.25, 0.3) is 0 Å². The van der Waals surface area contributed by atoms with Crippen LogP contribution in [0.25, 0.3) is 22.3 Å². The lowest BCUT2D eigenvalue weighted by molar-refractivity contribution is 0.970. The number of benzene rings is 2. The second-order valence-electron chi connectivity index (χ2n) is 4.96. The molecule has 0 aliphatic heterocycles. The summed E-state index contributed by atoms with van der Waals surface area (Å²) in [5.74, 6) is 1.42. The fraction of sp³-hybridized carbons (Fsp3) is 0.176. The van der Waals surface area contributed by atoms with Crippen molar-refractivity contribution in [1.29, 1.82) is 0 Å². The Bertz CT molecular complexity index is 821. The quantitative estimate of drug-likeness (QED) is 0.628. The van der Waals surface area contributed by atoms with Crippen molar-refractivity contribution in [3.8, 4) is 11.4 Å². The van der Waals surface area contributed by atoms with E-state index in [1.54, 1.807) is 12.1 Å². The van der Waals surface area contributed by atoms with Crippen LogP contribution in [-0.2, 0) is 0 Å². The Morgan fingerprint density at radius 2 is 1.83 bits per heavy atom. The Balaban J connectivity index is 0.00000192. The van der Waals surface area contributed by atoms with Crippen LogP contribution >= 0.6 is 35.6 Å². The van der Waals surface area contributed by atoms with Gasteiger partial charge < -0.3 is 5.32 Å². The molecular formula is C17H16Cl3N3. The first-order chi connectivity index (χ1) is 10.7. The molecule has 1 heterocycles. The summed E-state index contributed by atoms with van der Waals surface area (Å²) >= 11 is 12.2. The third-order valence-electron chi connectivity index (χ3n) is 3.32. The maximum atomic E-state index is 6.29. The number of para-hydroxylation sites is 1. The van der Waals surface area contributed by atoms with Crippen LogP contribution in [0.15, 0.2) is 42.5 Å². The summed E-state index contributed by atoms with van der Waals surface area (Å²) in [5, 5.41) is 5.50. The van der Waals surface area contributed by atoms with Gasteiger partial charge in [0, 0.05) is 22.5 Å². The molecule has 3 aromatic rings. The summed E-state index contributed by atoms with van der Waals surface area (Å²) in [6, 6.07) is 13.3. The Labute approximate surface area is 151 Å². The molecule has 0 saturated heterocycles. The Kier molecular flexibility index (Phi) is 6.05. The van der Waals surface area contributed by atoms with Crippen molar-refractivity contribution in [2.24, 2.45) is 0 Å². The second-order valence-corrected chi connectivity index (χ2v) is 5.81. The third-order valence-corrected chi connectivity index (χ3v) is 3.87. The highest BCUT2D eigenvalue weighted by Crippen LogP contribution is 2.31. The number of fused-ring (bicyclic) bond motifs is 1. The zero-order valence-corrected chi connectivity index (χ0v) is 14.8. The minimum atomic E-state index is 0. The van der Waals surface area contributed by atoms with Gasteiger partial charge in [0.1, 0.15) is 5.82 Å². The number of hydrogen-bond acceptors (Lipinski definition) is 3. The first kappa shape index (κ1) is 17.8. The van der Waals surface area contributed by atoms with E-state index in [0.717, 1.165) is 35.2 Å². The molecule has 6 heteroatoms. The number of halogens is 3. The minimum absolute atomic E-state index is 0. The van der Waals surface area contributed by atoms with Gasteiger partial charge in [-0.25, -0.2) is 9.97 Å². The lowest BCUT2D eigenvalue weighted by atomic mass is 10.2. The van der Waals surface area contributed by atoms with Crippen LogP contribution in [0, 0.1) is 0 Å². The number of nitrogens with one attached hydrogen (secondary N) is 1. The van der Waals surface area contributed by atoms with E-state index < -0.39 is 0 Å². The number of nitrogens with zero attached hydrogens (tertiary/aromatic N) is 2. The number of anilines is 1. The zero-order chi connectivity index (χ0) is 15.5. The molecule has 1 N–H and O–H groups in total. The molecule has 0 amide bonds. The largest absolute Gasteiger partial charge is 0.369 e. The normalized spacial score (nSPS) is 10.4. The summed E-state index contributed by atoms with van der Waals surface area (Å²) in [4.78, 5) is 9.28. The third kappa shape index (κ3) is 3.86. The molecule has 3 nitrogen and oxygen atoms in total. The number of hydrogen-bond donors (Lipinski definition) is 1. The van der Waals surface area contributed by atoms with Gasteiger partial charge in [0.05, 0.1) is 10.5 Å². The van der Waals surface area contributed by atoms with Crippen LogP contribution in [0.4, 0.5) is 5.82 Å². The van der Waals surface area contributed by atoms with Crippen molar-refractivity contribution in [2.75, 3.05) is 11.9 Å². The molecule has 0 saturated carbocycles. The van der Waals surface area contributed by atoms with Gasteiger partial charge in [-0.1, -0.05) is 42.3 Å². The van der Waals surface area contributed by atoms with Crippen LogP contribution in [0.2, 0.25) is 10.0 Å². The monoisotopic (exact) mass is 367 g/mol. The molecule has 0 spiro atoms. The molecule has 0 aliphatic carbocycles. The fourth-order valence-corrected chi connectivity index (χ4v) is 2.74. The Morgan fingerprint density at radius 3 is 2.57 bits per heavy atom. The molecular weight excluding hydrogens is 353 g/mol.